The summed E-state index contributed by atoms with van der Waals surface area (Å²) in [5.74, 6) is 0.606. The normalized spacial score (nSPS) is 21.3. The number of guanidine groups is 1. The first-order chi connectivity index (χ1) is 8.47. The van der Waals surface area contributed by atoms with Crippen molar-refractivity contribution in [2.24, 2.45) is 16.1 Å². The van der Waals surface area contributed by atoms with Gasteiger partial charge in [-0.25, -0.2) is 0 Å². The molecule has 4 heteroatoms. The van der Waals surface area contributed by atoms with Crippen LogP contribution in [0, 0.1) is 5.41 Å². The molecule has 0 bridgehead atoms. The minimum Gasteiger partial charge on any atom is -0.370 e. The quantitative estimate of drug-likeness (QED) is 0.561. The summed E-state index contributed by atoms with van der Waals surface area (Å²) in [5, 5.41) is 3.24. The van der Waals surface area contributed by atoms with Gasteiger partial charge in [0.05, 0.1) is 0 Å². The zero-order valence-corrected chi connectivity index (χ0v) is 12.5. The van der Waals surface area contributed by atoms with Crippen LogP contribution in [-0.2, 0) is 0 Å². The van der Waals surface area contributed by atoms with Crippen molar-refractivity contribution in [3.8, 4) is 0 Å². The summed E-state index contributed by atoms with van der Waals surface area (Å²) in [5.41, 5.74) is 6.30. The third-order valence-corrected chi connectivity index (χ3v) is 3.91. The molecule has 0 aromatic rings. The van der Waals surface area contributed by atoms with Crippen LogP contribution in [-0.4, -0.2) is 44.1 Å². The number of hydrogen-bond acceptors (Lipinski definition) is 2. The molecule has 0 spiro atoms. The van der Waals surface area contributed by atoms with Gasteiger partial charge in [0, 0.05) is 24.5 Å². The molecule has 1 atom stereocenters. The van der Waals surface area contributed by atoms with Gasteiger partial charge >= 0.3 is 0 Å². The van der Waals surface area contributed by atoms with Crippen molar-refractivity contribution in [1.29, 1.82) is 0 Å². The number of nitrogens with zero attached hydrogens (tertiary/aromatic N) is 2. The minimum atomic E-state index is 0.352. The van der Waals surface area contributed by atoms with Crippen LogP contribution < -0.4 is 11.1 Å². The van der Waals surface area contributed by atoms with E-state index < -0.39 is 0 Å². The highest BCUT2D eigenvalue weighted by molar-refractivity contribution is 5.78. The van der Waals surface area contributed by atoms with E-state index in [1.165, 1.54) is 25.7 Å². The van der Waals surface area contributed by atoms with Gasteiger partial charge in [0.1, 0.15) is 0 Å². The van der Waals surface area contributed by atoms with E-state index in [1.807, 2.05) is 0 Å². The van der Waals surface area contributed by atoms with E-state index in [-0.39, 0.29) is 0 Å². The van der Waals surface area contributed by atoms with Crippen LogP contribution in [0.15, 0.2) is 4.99 Å². The van der Waals surface area contributed by atoms with Gasteiger partial charge in [-0.3, -0.25) is 4.99 Å². The topological polar surface area (TPSA) is 53.6 Å². The number of nitrogens with one attached hydrogen (secondary N) is 1. The molecule has 0 saturated heterocycles. The monoisotopic (exact) mass is 254 g/mol. The van der Waals surface area contributed by atoms with Gasteiger partial charge in [-0.15, -0.1) is 0 Å². The van der Waals surface area contributed by atoms with Gasteiger partial charge in [-0.05, 0) is 40.3 Å². The molecule has 1 saturated carbocycles. The Kier molecular flexibility index (Phi) is 5.93. The van der Waals surface area contributed by atoms with Crippen LogP contribution >= 0.6 is 0 Å². The Balaban J connectivity index is 2.53. The van der Waals surface area contributed by atoms with Gasteiger partial charge in [-0.1, -0.05) is 19.8 Å². The number of aliphatic imine (C=N–C) groups is 1. The second-order valence-electron chi connectivity index (χ2n) is 6.10. The van der Waals surface area contributed by atoms with Crippen molar-refractivity contribution < 1.29 is 0 Å². The Morgan fingerprint density at radius 1 is 1.39 bits per heavy atom. The second kappa shape index (κ2) is 6.98. The predicted octanol–water partition coefficient (Wildman–Crippen LogP) is 1.81. The summed E-state index contributed by atoms with van der Waals surface area (Å²) in [6.07, 6.45) is 6.31. The van der Waals surface area contributed by atoms with Crippen molar-refractivity contribution in [3.05, 3.63) is 0 Å². The molecule has 0 radical (unpaired) electrons. The van der Waals surface area contributed by atoms with Crippen molar-refractivity contribution in [3.63, 3.8) is 0 Å². The smallest absolute Gasteiger partial charge is 0.188 e. The van der Waals surface area contributed by atoms with Crippen LogP contribution in [0.5, 0.6) is 0 Å². The molecular formula is C14H30N4. The first kappa shape index (κ1) is 15.3. The highest BCUT2D eigenvalue weighted by Crippen LogP contribution is 2.38. The Morgan fingerprint density at radius 3 is 2.50 bits per heavy atom. The standard InChI is InChI=1S/C14H30N4/c1-5-12(2)17-13(15)16-10-14(11-18(3)4)8-6-7-9-14/h12H,5-11H2,1-4H3,(H3,15,16,17). The Hall–Kier alpha value is -0.770. The van der Waals surface area contributed by atoms with E-state index in [1.54, 1.807) is 0 Å². The zero-order valence-electron chi connectivity index (χ0n) is 12.5. The summed E-state index contributed by atoms with van der Waals surface area (Å²) in [6.45, 7) is 6.26. The van der Waals surface area contributed by atoms with Crippen LogP contribution in [0.1, 0.15) is 46.0 Å². The summed E-state index contributed by atoms with van der Waals surface area (Å²) in [7, 11) is 4.29. The van der Waals surface area contributed by atoms with Gasteiger partial charge in [0.25, 0.3) is 0 Å². The summed E-state index contributed by atoms with van der Waals surface area (Å²) < 4.78 is 0. The number of rotatable bonds is 6. The van der Waals surface area contributed by atoms with Gasteiger partial charge in [0.2, 0.25) is 0 Å². The van der Waals surface area contributed by atoms with Gasteiger partial charge < -0.3 is 16.0 Å². The second-order valence-corrected chi connectivity index (χ2v) is 6.10. The molecule has 0 aliphatic heterocycles. The maximum Gasteiger partial charge on any atom is 0.188 e. The minimum absolute atomic E-state index is 0.352. The van der Waals surface area contributed by atoms with Crippen LogP contribution in [0.4, 0.5) is 0 Å². The maximum absolute atomic E-state index is 5.94. The van der Waals surface area contributed by atoms with E-state index in [2.05, 4.69) is 43.2 Å². The highest BCUT2D eigenvalue weighted by atomic mass is 15.1. The van der Waals surface area contributed by atoms with E-state index in [9.17, 15) is 0 Å². The molecule has 1 unspecified atom stereocenters. The van der Waals surface area contributed by atoms with Crippen LogP contribution in [0.2, 0.25) is 0 Å². The van der Waals surface area contributed by atoms with Crippen molar-refractivity contribution in [1.82, 2.24) is 10.2 Å². The van der Waals surface area contributed by atoms with Crippen LogP contribution in [0.25, 0.3) is 0 Å². The third kappa shape index (κ3) is 4.84. The Morgan fingerprint density at radius 2 is 2.00 bits per heavy atom. The number of hydrogen-bond donors (Lipinski definition) is 2. The third-order valence-electron chi connectivity index (χ3n) is 3.91. The highest BCUT2D eigenvalue weighted by Gasteiger charge is 2.34. The van der Waals surface area contributed by atoms with E-state index in [0.29, 0.717) is 17.4 Å². The molecule has 0 amide bonds. The maximum atomic E-state index is 5.94. The van der Waals surface area contributed by atoms with Crippen molar-refractivity contribution in [2.45, 2.75) is 52.0 Å². The van der Waals surface area contributed by atoms with E-state index >= 15 is 0 Å². The molecule has 1 aliphatic carbocycles. The Labute approximate surface area is 112 Å². The average molecular weight is 254 g/mol. The lowest BCUT2D eigenvalue weighted by molar-refractivity contribution is 0.210. The molecule has 4 nitrogen and oxygen atoms in total. The summed E-state index contributed by atoms with van der Waals surface area (Å²) in [6, 6.07) is 0.405. The lowest BCUT2D eigenvalue weighted by Gasteiger charge is -2.30. The zero-order chi connectivity index (χ0) is 13.6. The molecule has 0 aromatic carbocycles. The van der Waals surface area contributed by atoms with E-state index in [4.69, 9.17) is 5.73 Å². The number of nitrogens with two attached hydrogens (primary N) is 1. The average Bonchev–Trinajstić information content (AvgIpc) is 2.74. The molecular weight excluding hydrogens is 224 g/mol. The molecule has 3 N–H and O–H groups in total. The lowest BCUT2D eigenvalue weighted by Crippen LogP contribution is -2.40. The molecule has 1 fully saturated rings. The lowest BCUT2D eigenvalue weighted by atomic mass is 9.86. The molecule has 0 aromatic heterocycles. The molecule has 1 aliphatic rings. The van der Waals surface area contributed by atoms with Crippen molar-refractivity contribution in [2.75, 3.05) is 27.2 Å². The largest absolute Gasteiger partial charge is 0.370 e. The predicted molar refractivity (Wildman–Crippen MR) is 78.8 cm³/mol. The van der Waals surface area contributed by atoms with Gasteiger partial charge in [0.15, 0.2) is 5.96 Å². The summed E-state index contributed by atoms with van der Waals surface area (Å²) >= 11 is 0. The fraction of sp³-hybridized carbons (Fsp3) is 0.929. The van der Waals surface area contributed by atoms with Crippen LogP contribution in [0.3, 0.4) is 0 Å². The molecule has 0 heterocycles. The fourth-order valence-corrected chi connectivity index (χ4v) is 2.82. The van der Waals surface area contributed by atoms with Crippen molar-refractivity contribution >= 4 is 5.96 Å². The Bertz CT molecular complexity index is 267. The first-order valence-corrected chi connectivity index (χ1v) is 7.18. The van der Waals surface area contributed by atoms with Gasteiger partial charge in [-0.2, -0.15) is 0 Å². The SMILES string of the molecule is CCC(C)NC(N)=NCC1(CN(C)C)CCCC1. The fourth-order valence-electron chi connectivity index (χ4n) is 2.82. The van der Waals surface area contributed by atoms with E-state index in [0.717, 1.165) is 19.5 Å². The first-order valence-electron chi connectivity index (χ1n) is 7.18. The molecule has 18 heavy (non-hydrogen) atoms. The molecule has 1 rings (SSSR count). The molecule has 106 valence electrons. The summed E-state index contributed by atoms with van der Waals surface area (Å²) in [4.78, 5) is 6.85.